The van der Waals surface area contributed by atoms with E-state index in [9.17, 15) is 0 Å². The Balaban J connectivity index is 1.96. The van der Waals surface area contributed by atoms with Crippen LogP contribution in [0.25, 0.3) is 0 Å². The van der Waals surface area contributed by atoms with E-state index in [2.05, 4.69) is 15.4 Å². The number of nitrogens with one attached hydrogen (secondary N) is 1. The van der Waals surface area contributed by atoms with E-state index in [1.165, 1.54) is 0 Å². The molecule has 5 heteroatoms. The summed E-state index contributed by atoms with van der Waals surface area (Å²) < 4.78 is 1.75. The molecule has 0 bridgehead atoms. The van der Waals surface area contributed by atoms with Crippen LogP contribution >= 0.6 is 11.6 Å². The Labute approximate surface area is 92.9 Å². The molecule has 0 saturated carbocycles. The number of nitrogens with zero attached hydrogens (tertiary/aromatic N) is 3. The number of aromatic nitrogens is 3. The molecule has 0 saturated heterocycles. The lowest BCUT2D eigenvalue weighted by Crippen LogP contribution is -1.98. The van der Waals surface area contributed by atoms with Gasteiger partial charge in [-0.3, -0.25) is 4.68 Å². The number of anilines is 1. The summed E-state index contributed by atoms with van der Waals surface area (Å²) in [6, 6.07) is 3.72. The van der Waals surface area contributed by atoms with Gasteiger partial charge in [-0.25, -0.2) is 4.98 Å². The third-order valence-electron chi connectivity index (χ3n) is 1.99. The van der Waals surface area contributed by atoms with Crippen LogP contribution < -0.4 is 5.32 Å². The van der Waals surface area contributed by atoms with Crippen LogP contribution in [-0.4, -0.2) is 14.8 Å². The van der Waals surface area contributed by atoms with Gasteiger partial charge in [-0.1, -0.05) is 17.7 Å². The normalized spacial score (nSPS) is 10.3. The molecule has 0 aliphatic carbocycles. The minimum atomic E-state index is 0.514. The Kier molecular flexibility index (Phi) is 2.87. The smallest absolute Gasteiger partial charge is 0.129 e. The van der Waals surface area contributed by atoms with E-state index in [0.29, 0.717) is 5.15 Å². The van der Waals surface area contributed by atoms with Gasteiger partial charge >= 0.3 is 0 Å². The summed E-state index contributed by atoms with van der Waals surface area (Å²) in [5.41, 5.74) is 2.08. The van der Waals surface area contributed by atoms with Crippen LogP contribution in [0.3, 0.4) is 0 Å². The predicted octanol–water partition coefficient (Wildman–Crippen LogP) is 2.08. The van der Waals surface area contributed by atoms with Gasteiger partial charge in [-0.15, -0.1) is 0 Å². The van der Waals surface area contributed by atoms with Gasteiger partial charge < -0.3 is 5.32 Å². The molecule has 15 heavy (non-hydrogen) atoms. The zero-order valence-electron chi connectivity index (χ0n) is 8.31. The minimum Gasteiger partial charge on any atom is -0.378 e. The van der Waals surface area contributed by atoms with Crippen molar-refractivity contribution in [2.45, 2.75) is 6.54 Å². The Morgan fingerprint density at radius 2 is 2.27 bits per heavy atom. The maximum Gasteiger partial charge on any atom is 0.129 e. The van der Waals surface area contributed by atoms with Crippen LogP contribution in [0.15, 0.2) is 30.7 Å². The zero-order valence-corrected chi connectivity index (χ0v) is 9.07. The summed E-state index contributed by atoms with van der Waals surface area (Å²) in [7, 11) is 1.88. The van der Waals surface area contributed by atoms with Crippen LogP contribution in [0.4, 0.5) is 5.69 Å². The molecule has 0 aromatic carbocycles. The Morgan fingerprint density at radius 1 is 1.40 bits per heavy atom. The highest BCUT2D eigenvalue weighted by Gasteiger charge is 1.96. The quantitative estimate of drug-likeness (QED) is 0.809. The number of pyridine rings is 1. The highest BCUT2D eigenvalue weighted by molar-refractivity contribution is 6.29. The molecule has 0 atom stereocenters. The lowest BCUT2D eigenvalue weighted by Gasteiger charge is -2.02. The fraction of sp³-hybridized carbons (Fsp3) is 0.200. The van der Waals surface area contributed by atoms with Gasteiger partial charge in [0, 0.05) is 26.0 Å². The highest BCUT2D eigenvalue weighted by Crippen LogP contribution is 2.08. The number of hydrogen-bond acceptors (Lipinski definition) is 3. The first-order chi connectivity index (χ1) is 7.24. The molecule has 4 nitrogen and oxygen atoms in total. The lowest BCUT2D eigenvalue weighted by atomic mass is 10.3. The number of aryl methyl sites for hydroxylation is 1. The first-order valence-corrected chi connectivity index (χ1v) is 4.95. The second-order valence-electron chi connectivity index (χ2n) is 3.25. The molecular weight excluding hydrogens is 212 g/mol. The summed E-state index contributed by atoms with van der Waals surface area (Å²) in [4.78, 5) is 4.00. The predicted molar refractivity (Wildman–Crippen MR) is 59.8 cm³/mol. The number of hydrogen-bond donors (Lipinski definition) is 1. The second-order valence-corrected chi connectivity index (χ2v) is 3.63. The summed E-state index contributed by atoms with van der Waals surface area (Å²) in [6.45, 7) is 0.718. The van der Waals surface area contributed by atoms with Crippen LogP contribution in [0, 0.1) is 0 Å². The van der Waals surface area contributed by atoms with Crippen molar-refractivity contribution in [3.63, 3.8) is 0 Å². The Hall–Kier alpha value is -1.55. The summed E-state index contributed by atoms with van der Waals surface area (Å²) in [5, 5.41) is 7.81. The third-order valence-corrected chi connectivity index (χ3v) is 2.21. The van der Waals surface area contributed by atoms with Gasteiger partial charge in [0.25, 0.3) is 0 Å². The van der Waals surface area contributed by atoms with E-state index < -0.39 is 0 Å². The summed E-state index contributed by atoms with van der Waals surface area (Å²) in [5.74, 6) is 0. The van der Waals surface area contributed by atoms with Gasteiger partial charge in [0.2, 0.25) is 0 Å². The molecule has 0 aliphatic rings. The van der Waals surface area contributed by atoms with Crippen LogP contribution in [0.2, 0.25) is 5.15 Å². The molecular formula is C10H11ClN4. The van der Waals surface area contributed by atoms with Crippen molar-refractivity contribution in [2.24, 2.45) is 7.05 Å². The fourth-order valence-electron chi connectivity index (χ4n) is 1.23. The van der Waals surface area contributed by atoms with E-state index in [-0.39, 0.29) is 0 Å². The molecule has 2 aromatic heterocycles. The van der Waals surface area contributed by atoms with Crippen molar-refractivity contribution in [3.05, 3.63) is 41.4 Å². The van der Waals surface area contributed by atoms with Crippen LogP contribution in [0.1, 0.15) is 5.56 Å². The largest absolute Gasteiger partial charge is 0.378 e. The van der Waals surface area contributed by atoms with Gasteiger partial charge in [0.1, 0.15) is 5.15 Å². The van der Waals surface area contributed by atoms with Gasteiger partial charge in [0.15, 0.2) is 0 Å². The van der Waals surface area contributed by atoms with Crippen molar-refractivity contribution in [3.8, 4) is 0 Å². The molecule has 0 aliphatic heterocycles. The lowest BCUT2D eigenvalue weighted by molar-refractivity contribution is 0.768. The average Bonchev–Trinajstić information content (AvgIpc) is 2.64. The molecule has 0 fully saturated rings. The summed E-state index contributed by atoms with van der Waals surface area (Å²) in [6.07, 6.45) is 5.46. The topological polar surface area (TPSA) is 42.7 Å². The number of rotatable bonds is 3. The first kappa shape index (κ1) is 9.98. The van der Waals surface area contributed by atoms with Crippen molar-refractivity contribution in [1.82, 2.24) is 14.8 Å². The maximum absolute atomic E-state index is 5.69. The molecule has 2 heterocycles. The van der Waals surface area contributed by atoms with Gasteiger partial charge in [0.05, 0.1) is 11.9 Å². The SMILES string of the molecule is Cn1cc(NCc2ccc(Cl)nc2)cn1. The molecule has 1 N–H and O–H groups in total. The average molecular weight is 223 g/mol. The minimum absolute atomic E-state index is 0.514. The monoisotopic (exact) mass is 222 g/mol. The molecule has 78 valence electrons. The van der Waals surface area contributed by atoms with Crippen LogP contribution in [-0.2, 0) is 13.6 Å². The second kappa shape index (κ2) is 4.31. The van der Waals surface area contributed by atoms with Crippen LogP contribution in [0.5, 0.6) is 0 Å². The van der Waals surface area contributed by atoms with Crippen molar-refractivity contribution < 1.29 is 0 Å². The maximum atomic E-state index is 5.69. The van der Waals surface area contributed by atoms with Crippen molar-refractivity contribution >= 4 is 17.3 Å². The molecule has 0 unspecified atom stereocenters. The third kappa shape index (κ3) is 2.70. The molecule has 0 radical (unpaired) electrons. The van der Waals surface area contributed by atoms with E-state index in [0.717, 1.165) is 17.8 Å². The van der Waals surface area contributed by atoms with E-state index in [4.69, 9.17) is 11.6 Å². The van der Waals surface area contributed by atoms with Crippen molar-refractivity contribution in [1.29, 1.82) is 0 Å². The highest BCUT2D eigenvalue weighted by atomic mass is 35.5. The van der Waals surface area contributed by atoms with E-state index in [1.807, 2.05) is 19.3 Å². The molecule has 0 spiro atoms. The van der Waals surface area contributed by atoms with E-state index >= 15 is 0 Å². The first-order valence-electron chi connectivity index (χ1n) is 4.57. The Bertz CT molecular complexity index is 435. The summed E-state index contributed by atoms with van der Waals surface area (Å²) >= 11 is 5.69. The van der Waals surface area contributed by atoms with E-state index in [1.54, 1.807) is 23.1 Å². The fourth-order valence-corrected chi connectivity index (χ4v) is 1.34. The molecule has 0 amide bonds. The number of halogens is 1. The molecule has 2 aromatic rings. The van der Waals surface area contributed by atoms with Crippen molar-refractivity contribution in [2.75, 3.05) is 5.32 Å². The van der Waals surface area contributed by atoms with Gasteiger partial charge in [-0.05, 0) is 11.6 Å². The van der Waals surface area contributed by atoms with Gasteiger partial charge in [-0.2, -0.15) is 5.10 Å². The zero-order chi connectivity index (χ0) is 10.7. The standard InChI is InChI=1S/C10H11ClN4/c1-15-7-9(6-14-15)12-4-8-2-3-10(11)13-5-8/h2-3,5-7,12H,4H2,1H3. The molecule has 2 rings (SSSR count). The Morgan fingerprint density at radius 3 is 2.87 bits per heavy atom.